The highest BCUT2D eigenvalue weighted by Crippen LogP contribution is 2.28. The van der Waals surface area contributed by atoms with Crippen LogP contribution in [0.4, 0.5) is 5.69 Å². The highest BCUT2D eigenvalue weighted by Gasteiger charge is 2.25. The van der Waals surface area contributed by atoms with Gasteiger partial charge in [0, 0.05) is 19.2 Å². The van der Waals surface area contributed by atoms with Crippen molar-refractivity contribution in [3.05, 3.63) is 40.3 Å². The van der Waals surface area contributed by atoms with Crippen molar-refractivity contribution in [2.45, 2.75) is 6.10 Å². The van der Waals surface area contributed by atoms with Gasteiger partial charge in [-0.15, -0.1) is 0 Å². The molecule has 1 aliphatic heterocycles. The van der Waals surface area contributed by atoms with Crippen LogP contribution in [-0.4, -0.2) is 34.8 Å². The van der Waals surface area contributed by atoms with Crippen LogP contribution in [0.15, 0.2) is 28.8 Å². The van der Waals surface area contributed by atoms with Crippen molar-refractivity contribution in [1.82, 2.24) is 15.5 Å². The molecule has 3 rings (SSSR count). The van der Waals surface area contributed by atoms with E-state index in [0.717, 1.165) is 6.54 Å². The number of nitrogens with one attached hydrogen (secondary N) is 1. The zero-order valence-electron chi connectivity index (χ0n) is 10.5. The van der Waals surface area contributed by atoms with E-state index in [2.05, 4.69) is 15.5 Å². The van der Waals surface area contributed by atoms with Gasteiger partial charge < -0.3 is 14.6 Å². The molecule has 8 heteroatoms. The summed E-state index contributed by atoms with van der Waals surface area (Å²) in [6.07, 6.45) is -0.312. The lowest BCUT2D eigenvalue weighted by atomic mass is 10.2. The quantitative estimate of drug-likeness (QED) is 0.665. The van der Waals surface area contributed by atoms with Gasteiger partial charge in [0.1, 0.15) is 11.7 Å². The number of rotatable bonds is 3. The highest BCUT2D eigenvalue weighted by atomic mass is 16.6. The summed E-state index contributed by atoms with van der Waals surface area (Å²) in [6.45, 7) is 1.92. The summed E-state index contributed by atoms with van der Waals surface area (Å²) < 4.78 is 10.6. The van der Waals surface area contributed by atoms with Crippen LogP contribution < -0.4 is 5.32 Å². The molecule has 2 heterocycles. The average molecular weight is 276 g/mol. The van der Waals surface area contributed by atoms with Gasteiger partial charge in [0.05, 0.1) is 11.5 Å². The Morgan fingerprint density at radius 3 is 3.00 bits per heavy atom. The third kappa shape index (κ3) is 2.38. The second kappa shape index (κ2) is 5.35. The maximum atomic E-state index is 11.0. The second-order valence-corrected chi connectivity index (χ2v) is 4.29. The summed E-state index contributed by atoms with van der Waals surface area (Å²) in [4.78, 5) is 14.7. The van der Waals surface area contributed by atoms with E-state index in [0.29, 0.717) is 24.6 Å². The molecule has 8 nitrogen and oxygen atoms in total. The smallest absolute Gasteiger partial charge is 0.280 e. The Kier molecular flexibility index (Phi) is 3.40. The molecule has 2 aromatic rings. The molecule has 0 saturated carbocycles. The van der Waals surface area contributed by atoms with Crippen molar-refractivity contribution in [2.24, 2.45) is 0 Å². The summed E-state index contributed by atoms with van der Waals surface area (Å²) in [6, 6.07) is 6.28. The van der Waals surface area contributed by atoms with Gasteiger partial charge in [0.2, 0.25) is 5.82 Å². The van der Waals surface area contributed by atoms with Crippen LogP contribution in [0.3, 0.4) is 0 Å². The molecule has 1 aromatic heterocycles. The number of benzene rings is 1. The molecule has 20 heavy (non-hydrogen) atoms. The van der Waals surface area contributed by atoms with Gasteiger partial charge >= 0.3 is 0 Å². The van der Waals surface area contributed by atoms with E-state index in [1.165, 1.54) is 6.07 Å². The van der Waals surface area contributed by atoms with Crippen molar-refractivity contribution in [3.63, 3.8) is 0 Å². The molecule has 0 bridgehead atoms. The van der Waals surface area contributed by atoms with E-state index in [1.54, 1.807) is 18.2 Å². The zero-order chi connectivity index (χ0) is 13.9. The Hall–Kier alpha value is -2.32. The standard InChI is InChI=1S/C12H12N4O4/c17-16(18)9-4-2-1-3-8(9)11-14-12(20-15-11)10-7-13-5-6-19-10/h1-4,10,13H,5-7H2. The normalized spacial score (nSPS) is 18.9. The fourth-order valence-electron chi connectivity index (χ4n) is 2.02. The van der Waals surface area contributed by atoms with E-state index >= 15 is 0 Å². The molecule has 1 N–H and O–H groups in total. The topological polar surface area (TPSA) is 103 Å². The minimum Gasteiger partial charge on any atom is -0.366 e. The number of nitro groups is 1. The lowest BCUT2D eigenvalue weighted by Gasteiger charge is -2.19. The Morgan fingerprint density at radius 2 is 2.25 bits per heavy atom. The maximum Gasteiger partial charge on any atom is 0.280 e. The minimum atomic E-state index is -0.468. The molecule has 0 amide bonds. The van der Waals surface area contributed by atoms with Crippen molar-refractivity contribution in [1.29, 1.82) is 0 Å². The van der Waals surface area contributed by atoms with Crippen molar-refractivity contribution < 1.29 is 14.2 Å². The number of aromatic nitrogens is 2. The van der Waals surface area contributed by atoms with Gasteiger partial charge in [-0.25, -0.2) is 0 Å². The molecule has 0 radical (unpaired) electrons. The average Bonchev–Trinajstić information content (AvgIpc) is 2.98. The van der Waals surface area contributed by atoms with Gasteiger partial charge in [0.25, 0.3) is 11.6 Å². The predicted molar refractivity (Wildman–Crippen MR) is 68.0 cm³/mol. The SMILES string of the molecule is O=[N+]([O-])c1ccccc1-c1noc(C2CNCCO2)n1. The first-order chi connectivity index (χ1) is 9.75. The van der Waals surface area contributed by atoms with Gasteiger partial charge in [0.15, 0.2) is 0 Å². The molecule has 104 valence electrons. The molecule has 1 unspecified atom stereocenters. The summed E-state index contributed by atoms with van der Waals surface area (Å²) in [5, 5.41) is 17.9. The van der Waals surface area contributed by atoms with Gasteiger partial charge in [-0.2, -0.15) is 4.98 Å². The molecule has 1 saturated heterocycles. The molecule has 0 aliphatic carbocycles. The number of morpholine rings is 1. The fraction of sp³-hybridized carbons (Fsp3) is 0.333. The van der Waals surface area contributed by atoms with Gasteiger partial charge in [-0.3, -0.25) is 10.1 Å². The number of nitro benzene ring substituents is 1. The van der Waals surface area contributed by atoms with Crippen molar-refractivity contribution >= 4 is 5.69 Å². The number of para-hydroxylation sites is 1. The summed E-state index contributed by atoms with van der Waals surface area (Å²) in [5.41, 5.74) is 0.277. The Morgan fingerprint density at radius 1 is 1.40 bits per heavy atom. The first-order valence-corrected chi connectivity index (χ1v) is 6.15. The molecule has 1 aromatic carbocycles. The molecule has 0 spiro atoms. The number of nitrogens with zero attached hydrogens (tertiary/aromatic N) is 3. The first kappa shape index (κ1) is 12.7. The molecular weight excluding hydrogens is 264 g/mol. The predicted octanol–water partition coefficient (Wildman–Crippen LogP) is 1.31. The van der Waals surface area contributed by atoms with Crippen molar-refractivity contribution in [2.75, 3.05) is 19.7 Å². The van der Waals surface area contributed by atoms with E-state index in [1.807, 2.05) is 0 Å². The van der Waals surface area contributed by atoms with E-state index < -0.39 is 4.92 Å². The van der Waals surface area contributed by atoms with Crippen molar-refractivity contribution in [3.8, 4) is 11.4 Å². The van der Waals surface area contributed by atoms with Gasteiger partial charge in [-0.05, 0) is 6.07 Å². The Balaban J connectivity index is 1.92. The third-order valence-corrected chi connectivity index (χ3v) is 2.99. The fourth-order valence-corrected chi connectivity index (χ4v) is 2.02. The summed E-state index contributed by atoms with van der Waals surface area (Å²) >= 11 is 0. The van der Waals surface area contributed by atoms with Crippen LogP contribution in [-0.2, 0) is 4.74 Å². The van der Waals surface area contributed by atoms with E-state index in [4.69, 9.17) is 9.26 Å². The minimum absolute atomic E-state index is 0.0532. The van der Waals surface area contributed by atoms with Crippen LogP contribution in [0.25, 0.3) is 11.4 Å². The van der Waals surface area contributed by atoms with E-state index in [-0.39, 0.29) is 17.6 Å². The van der Waals surface area contributed by atoms with Crippen LogP contribution >= 0.6 is 0 Å². The Bertz CT molecular complexity index is 621. The lowest BCUT2D eigenvalue weighted by Crippen LogP contribution is -2.33. The van der Waals surface area contributed by atoms with Gasteiger partial charge in [-0.1, -0.05) is 17.3 Å². The maximum absolute atomic E-state index is 11.0. The highest BCUT2D eigenvalue weighted by molar-refractivity contribution is 5.67. The second-order valence-electron chi connectivity index (χ2n) is 4.29. The van der Waals surface area contributed by atoms with Crippen LogP contribution in [0.2, 0.25) is 0 Å². The zero-order valence-corrected chi connectivity index (χ0v) is 10.5. The molecule has 1 aliphatic rings. The molecule has 1 atom stereocenters. The van der Waals surface area contributed by atoms with E-state index in [9.17, 15) is 10.1 Å². The van der Waals surface area contributed by atoms with Crippen LogP contribution in [0.5, 0.6) is 0 Å². The number of ether oxygens (including phenoxy) is 1. The Labute approximate surface area is 113 Å². The third-order valence-electron chi connectivity index (χ3n) is 2.99. The molecule has 1 fully saturated rings. The summed E-state index contributed by atoms with van der Waals surface area (Å²) in [7, 11) is 0. The van der Waals surface area contributed by atoms with Crippen LogP contribution in [0, 0.1) is 10.1 Å². The number of hydrogen-bond donors (Lipinski definition) is 1. The number of hydrogen-bond acceptors (Lipinski definition) is 7. The summed E-state index contributed by atoms with van der Waals surface area (Å²) in [5.74, 6) is 0.520. The largest absolute Gasteiger partial charge is 0.366 e. The monoisotopic (exact) mass is 276 g/mol. The van der Waals surface area contributed by atoms with Crippen LogP contribution in [0.1, 0.15) is 12.0 Å². The first-order valence-electron chi connectivity index (χ1n) is 6.15. The lowest BCUT2D eigenvalue weighted by molar-refractivity contribution is -0.384. The molecular formula is C12H12N4O4.